The summed E-state index contributed by atoms with van der Waals surface area (Å²) in [4.78, 5) is 25.3. The fourth-order valence-electron chi connectivity index (χ4n) is 3.33. The topological polar surface area (TPSA) is 66.8 Å². The highest BCUT2D eigenvalue weighted by Crippen LogP contribution is 2.45. The van der Waals surface area contributed by atoms with Crippen LogP contribution < -0.4 is 0 Å². The fourth-order valence-corrected chi connectivity index (χ4v) is 3.33. The van der Waals surface area contributed by atoms with Gasteiger partial charge in [0.2, 0.25) is 0 Å². The summed E-state index contributed by atoms with van der Waals surface area (Å²) in [7, 11) is 0. The highest BCUT2D eigenvalue weighted by molar-refractivity contribution is 5.85. The molecule has 1 aliphatic carbocycles. The summed E-state index contributed by atoms with van der Waals surface area (Å²) in [6, 6.07) is 13.7. The third kappa shape index (κ3) is 5.92. The number of hydrogen-bond donors (Lipinski definition) is 1. The lowest BCUT2D eigenvalue weighted by atomic mass is 10.1. The first-order chi connectivity index (χ1) is 14.1. The molecule has 0 spiro atoms. The van der Waals surface area contributed by atoms with Gasteiger partial charge < -0.3 is 14.7 Å². The van der Waals surface area contributed by atoms with Crippen molar-refractivity contribution in [2.45, 2.75) is 51.3 Å². The van der Waals surface area contributed by atoms with Crippen LogP contribution in [0.1, 0.15) is 49.8 Å². The Bertz CT molecular complexity index is 929. The first-order valence-electron chi connectivity index (χ1n) is 9.87. The van der Waals surface area contributed by atoms with E-state index in [0.717, 1.165) is 29.2 Å². The molecule has 0 aromatic heterocycles. The van der Waals surface area contributed by atoms with Gasteiger partial charge in [-0.2, -0.15) is 0 Å². The monoisotopic (exact) mass is 411 g/mol. The van der Waals surface area contributed by atoms with Crippen LogP contribution in [0.25, 0.3) is 6.08 Å². The van der Waals surface area contributed by atoms with Gasteiger partial charge in [-0.3, -0.25) is 0 Å². The number of carbonyl (C=O) groups is 2. The van der Waals surface area contributed by atoms with Gasteiger partial charge in [0.1, 0.15) is 11.4 Å². The van der Waals surface area contributed by atoms with Crippen LogP contribution in [0.3, 0.4) is 0 Å². The van der Waals surface area contributed by atoms with Crippen molar-refractivity contribution >= 4 is 18.1 Å². The molecule has 2 unspecified atom stereocenters. The normalized spacial score (nSPS) is 18.3. The predicted octanol–water partition coefficient (Wildman–Crippen LogP) is 5.22. The van der Waals surface area contributed by atoms with Crippen molar-refractivity contribution in [1.29, 1.82) is 0 Å². The van der Waals surface area contributed by atoms with E-state index in [1.54, 1.807) is 17.0 Å². The zero-order valence-corrected chi connectivity index (χ0v) is 17.3. The second kappa shape index (κ2) is 8.69. The summed E-state index contributed by atoms with van der Waals surface area (Å²) in [5.41, 5.74) is 2.07. The van der Waals surface area contributed by atoms with Gasteiger partial charge in [-0.25, -0.2) is 14.0 Å². The zero-order chi connectivity index (χ0) is 21.9. The fraction of sp³-hybridized carbons (Fsp3) is 0.333. The van der Waals surface area contributed by atoms with Crippen LogP contribution in [0.5, 0.6) is 0 Å². The largest absolute Gasteiger partial charge is 0.478 e. The lowest BCUT2D eigenvalue weighted by Gasteiger charge is -2.28. The second-order valence-corrected chi connectivity index (χ2v) is 8.48. The second-order valence-electron chi connectivity index (χ2n) is 8.48. The van der Waals surface area contributed by atoms with Crippen LogP contribution in [-0.4, -0.2) is 33.7 Å². The molecule has 3 rings (SSSR count). The van der Waals surface area contributed by atoms with Gasteiger partial charge in [-0.1, -0.05) is 36.4 Å². The molecule has 30 heavy (non-hydrogen) atoms. The Morgan fingerprint density at radius 3 is 2.33 bits per heavy atom. The van der Waals surface area contributed by atoms with E-state index >= 15 is 0 Å². The van der Waals surface area contributed by atoms with Gasteiger partial charge in [0.05, 0.1) is 0 Å². The van der Waals surface area contributed by atoms with Crippen LogP contribution in [0.4, 0.5) is 9.18 Å². The van der Waals surface area contributed by atoms with Crippen molar-refractivity contribution < 1.29 is 23.8 Å². The zero-order valence-electron chi connectivity index (χ0n) is 17.3. The number of hydrogen-bond acceptors (Lipinski definition) is 3. The number of aliphatic carboxylic acids is 1. The van der Waals surface area contributed by atoms with Gasteiger partial charge in [0, 0.05) is 24.6 Å². The molecular formula is C24H26FNO4. The molecule has 1 aliphatic rings. The number of ether oxygens (including phenoxy) is 1. The first kappa shape index (κ1) is 21.6. The minimum absolute atomic E-state index is 0.0168. The summed E-state index contributed by atoms with van der Waals surface area (Å²) < 4.78 is 18.9. The van der Waals surface area contributed by atoms with Crippen LogP contribution in [0.2, 0.25) is 0 Å². The molecule has 0 aliphatic heterocycles. The molecule has 1 fully saturated rings. The van der Waals surface area contributed by atoms with Gasteiger partial charge in [-0.15, -0.1) is 0 Å². The van der Waals surface area contributed by atoms with E-state index < -0.39 is 11.6 Å². The number of carboxylic acids is 1. The van der Waals surface area contributed by atoms with E-state index in [1.165, 1.54) is 18.2 Å². The molecule has 158 valence electrons. The Labute approximate surface area is 175 Å². The third-order valence-corrected chi connectivity index (χ3v) is 4.83. The van der Waals surface area contributed by atoms with Crippen LogP contribution in [0, 0.1) is 5.82 Å². The standard InChI is InChI=1S/C24H26FNO4/c1-24(2,3)30-23(29)26(21-14-20(21)18-9-11-19(25)12-10-18)15-17-6-4-16(5-7-17)8-13-22(27)28/h4-13,20-21H,14-15H2,1-3H3,(H,27,28)/b13-8+. The van der Waals surface area contributed by atoms with E-state index in [1.807, 2.05) is 45.0 Å². The molecule has 0 saturated heterocycles. The summed E-state index contributed by atoms with van der Waals surface area (Å²) in [6.45, 7) is 5.87. The van der Waals surface area contributed by atoms with Crippen molar-refractivity contribution in [1.82, 2.24) is 4.90 Å². The first-order valence-corrected chi connectivity index (χ1v) is 9.87. The van der Waals surface area contributed by atoms with Crippen molar-refractivity contribution in [2.75, 3.05) is 0 Å². The number of carboxylic acid groups (broad SMARTS) is 1. The minimum Gasteiger partial charge on any atom is -0.478 e. The van der Waals surface area contributed by atoms with E-state index in [4.69, 9.17) is 9.84 Å². The van der Waals surface area contributed by atoms with E-state index in [0.29, 0.717) is 6.54 Å². The quantitative estimate of drug-likeness (QED) is 0.662. The van der Waals surface area contributed by atoms with Crippen molar-refractivity contribution in [3.05, 3.63) is 77.1 Å². The van der Waals surface area contributed by atoms with E-state index in [9.17, 15) is 14.0 Å². The summed E-state index contributed by atoms with van der Waals surface area (Å²) in [5, 5.41) is 8.74. The third-order valence-electron chi connectivity index (χ3n) is 4.83. The van der Waals surface area contributed by atoms with Gasteiger partial charge >= 0.3 is 12.1 Å². The van der Waals surface area contributed by atoms with Crippen molar-refractivity contribution in [2.24, 2.45) is 0 Å². The lowest BCUT2D eigenvalue weighted by Crippen LogP contribution is -2.38. The van der Waals surface area contributed by atoms with E-state index in [-0.39, 0.29) is 23.9 Å². The number of amides is 1. The Morgan fingerprint density at radius 1 is 1.13 bits per heavy atom. The van der Waals surface area contributed by atoms with Crippen molar-refractivity contribution in [3.63, 3.8) is 0 Å². The molecule has 0 heterocycles. The molecule has 6 heteroatoms. The number of nitrogens with zero attached hydrogens (tertiary/aromatic N) is 1. The Kier molecular flexibility index (Phi) is 6.25. The van der Waals surface area contributed by atoms with Crippen LogP contribution >= 0.6 is 0 Å². The number of benzene rings is 2. The summed E-state index contributed by atoms with van der Waals surface area (Å²) >= 11 is 0. The maximum Gasteiger partial charge on any atom is 0.410 e. The predicted molar refractivity (Wildman–Crippen MR) is 112 cm³/mol. The SMILES string of the molecule is CC(C)(C)OC(=O)N(Cc1ccc(/C=C/C(=O)O)cc1)C1CC1c1ccc(F)cc1. The Morgan fingerprint density at radius 2 is 1.77 bits per heavy atom. The van der Waals surface area contributed by atoms with Crippen LogP contribution in [-0.2, 0) is 16.1 Å². The van der Waals surface area contributed by atoms with Crippen LogP contribution in [0.15, 0.2) is 54.6 Å². The average Bonchev–Trinajstić information content (AvgIpc) is 3.45. The Balaban J connectivity index is 1.76. The van der Waals surface area contributed by atoms with Gasteiger partial charge in [0.15, 0.2) is 0 Å². The molecule has 1 amide bonds. The molecule has 5 nitrogen and oxygen atoms in total. The van der Waals surface area contributed by atoms with E-state index in [2.05, 4.69) is 0 Å². The molecule has 2 aromatic carbocycles. The number of carbonyl (C=O) groups excluding carboxylic acids is 1. The highest BCUT2D eigenvalue weighted by atomic mass is 19.1. The molecule has 0 bridgehead atoms. The lowest BCUT2D eigenvalue weighted by molar-refractivity contribution is -0.131. The smallest absolute Gasteiger partial charge is 0.410 e. The molecule has 2 atom stereocenters. The summed E-state index contributed by atoms with van der Waals surface area (Å²) in [6.07, 6.45) is 3.01. The molecule has 1 N–H and O–H groups in total. The molecular weight excluding hydrogens is 385 g/mol. The van der Waals surface area contributed by atoms with Gasteiger partial charge in [0.25, 0.3) is 0 Å². The van der Waals surface area contributed by atoms with Gasteiger partial charge in [-0.05, 0) is 62.1 Å². The maximum absolute atomic E-state index is 13.2. The molecule has 2 aromatic rings. The number of rotatable bonds is 6. The Hall–Kier alpha value is -3.15. The average molecular weight is 411 g/mol. The minimum atomic E-state index is -1.00. The van der Waals surface area contributed by atoms with Crippen molar-refractivity contribution in [3.8, 4) is 0 Å². The summed E-state index contributed by atoms with van der Waals surface area (Å²) in [5.74, 6) is -1.14. The molecule has 1 saturated carbocycles. The maximum atomic E-state index is 13.2. The highest BCUT2D eigenvalue weighted by Gasteiger charge is 2.46. The number of halogens is 1. The molecule has 0 radical (unpaired) electrons.